The third-order valence-corrected chi connectivity index (χ3v) is 2.82. The molecule has 4 nitrogen and oxygen atoms in total. The predicted octanol–water partition coefficient (Wildman–Crippen LogP) is 1.64. The molecule has 0 saturated carbocycles. The molecule has 0 saturated heterocycles. The molecule has 0 amide bonds. The minimum Gasteiger partial charge on any atom is -0.463 e. The van der Waals surface area contributed by atoms with Crippen LogP contribution in [0.1, 0.15) is 28.4 Å². The average molecular weight is 234 g/mol. The molecule has 1 aliphatic heterocycles. The van der Waals surface area contributed by atoms with Gasteiger partial charge in [0, 0.05) is 6.42 Å². The first-order valence-electron chi connectivity index (χ1n) is 5.59. The van der Waals surface area contributed by atoms with E-state index in [1.807, 2.05) is 13.0 Å². The number of hydrogen-bond acceptors (Lipinski definition) is 4. The number of esters is 2. The summed E-state index contributed by atoms with van der Waals surface area (Å²) in [5.41, 5.74) is 2.42. The minimum absolute atomic E-state index is 0.285. The fourth-order valence-corrected chi connectivity index (χ4v) is 1.95. The Morgan fingerprint density at radius 2 is 2.29 bits per heavy atom. The van der Waals surface area contributed by atoms with E-state index in [0.29, 0.717) is 12.0 Å². The van der Waals surface area contributed by atoms with E-state index in [9.17, 15) is 9.59 Å². The van der Waals surface area contributed by atoms with Gasteiger partial charge in [-0.15, -0.1) is 0 Å². The number of ether oxygens (including phenoxy) is 2. The SMILES string of the molecule is CCOC(=O)C1Cc2c(C)cccc2C(=O)O1. The van der Waals surface area contributed by atoms with Crippen molar-refractivity contribution >= 4 is 11.9 Å². The van der Waals surface area contributed by atoms with Crippen molar-refractivity contribution < 1.29 is 19.1 Å². The molecule has 1 aromatic carbocycles. The summed E-state index contributed by atoms with van der Waals surface area (Å²) >= 11 is 0. The van der Waals surface area contributed by atoms with Crippen molar-refractivity contribution in [1.29, 1.82) is 0 Å². The van der Waals surface area contributed by atoms with Crippen LogP contribution in [-0.2, 0) is 20.7 Å². The molecule has 0 fully saturated rings. The van der Waals surface area contributed by atoms with Crippen LogP contribution in [0.4, 0.5) is 0 Å². The molecular weight excluding hydrogens is 220 g/mol. The third-order valence-electron chi connectivity index (χ3n) is 2.82. The number of rotatable bonds is 2. The second-order valence-electron chi connectivity index (χ2n) is 3.95. The van der Waals surface area contributed by atoms with Crippen LogP contribution in [0.5, 0.6) is 0 Å². The summed E-state index contributed by atoms with van der Waals surface area (Å²) < 4.78 is 9.94. The Kier molecular flexibility index (Phi) is 3.13. The van der Waals surface area contributed by atoms with Crippen LogP contribution in [0.2, 0.25) is 0 Å². The smallest absolute Gasteiger partial charge is 0.347 e. The lowest BCUT2D eigenvalue weighted by atomic mass is 9.94. The Bertz CT molecular complexity index is 464. The topological polar surface area (TPSA) is 52.6 Å². The molecule has 0 radical (unpaired) electrons. The van der Waals surface area contributed by atoms with Crippen LogP contribution in [0.3, 0.4) is 0 Å². The van der Waals surface area contributed by atoms with Crippen molar-refractivity contribution in [1.82, 2.24) is 0 Å². The molecule has 2 rings (SSSR count). The van der Waals surface area contributed by atoms with E-state index in [4.69, 9.17) is 9.47 Å². The normalized spacial score (nSPS) is 18.2. The number of fused-ring (bicyclic) bond motifs is 1. The van der Waals surface area contributed by atoms with E-state index in [1.165, 1.54) is 0 Å². The second-order valence-corrected chi connectivity index (χ2v) is 3.95. The van der Waals surface area contributed by atoms with Crippen LogP contribution >= 0.6 is 0 Å². The number of carbonyl (C=O) groups is 2. The number of hydrogen-bond donors (Lipinski definition) is 0. The van der Waals surface area contributed by atoms with Crippen LogP contribution in [-0.4, -0.2) is 24.6 Å². The Morgan fingerprint density at radius 3 is 3.00 bits per heavy atom. The summed E-state index contributed by atoms with van der Waals surface area (Å²) in [6.07, 6.45) is -0.414. The van der Waals surface area contributed by atoms with Crippen molar-refractivity contribution in [2.24, 2.45) is 0 Å². The molecule has 0 N–H and O–H groups in total. The second kappa shape index (κ2) is 4.57. The summed E-state index contributed by atoms with van der Waals surface area (Å²) in [6, 6.07) is 5.44. The Labute approximate surface area is 99.5 Å². The van der Waals surface area contributed by atoms with Gasteiger partial charge in [0.15, 0.2) is 0 Å². The largest absolute Gasteiger partial charge is 0.463 e. The zero-order valence-electron chi connectivity index (χ0n) is 9.86. The molecule has 0 spiro atoms. The summed E-state index contributed by atoms with van der Waals surface area (Å²) in [4.78, 5) is 23.3. The Balaban J connectivity index is 2.29. The first-order chi connectivity index (χ1) is 8.13. The molecule has 1 aromatic rings. The Morgan fingerprint density at radius 1 is 1.53 bits per heavy atom. The molecule has 1 unspecified atom stereocenters. The van der Waals surface area contributed by atoms with Gasteiger partial charge in [-0.1, -0.05) is 12.1 Å². The lowest BCUT2D eigenvalue weighted by Crippen LogP contribution is -2.36. The number of aryl methyl sites for hydroxylation is 1. The quantitative estimate of drug-likeness (QED) is 0.730. The van der Waals surface area contributed by atoms with Crippen LogP contribution < -0.4 is 0 Å². The molecule has 4 heteroatoms. The van der Waals surface area contributed by atoms with Gasteiger partial charge >= 0.3 is 11.9 Å². The molecule has 1 aliphatic rings. The first kappa shape index (κ1) is 11.6. The lowest BCUT2D eigenvalue weighted by Gasteiger charge is -2.24. The number of carbonyl (C=O) groups excluding carboxylic acids is 2. The van der Waals surface area contributed by atoms with Gasteiger partial charge in [0.05, 0.1) is 12.2 Å². The fraction of sp³-hybridized carbons (Fsp3) is 0.385. The monoisotopic (exact) mass is 234 g/mol. The van der Waals surface area contributed by atoms with Gasteiger partial charge in [0.1, 0.15) is 0 Å². The van der Waals surface area contributed by atoms with Gasteiger partial charge in [-0.2, -0.15) is 0 Å². The van der Waals surface area contributed by atoms with Gasteiger partial charge in [-0.3, -0.25) is 0 Å². The zero-order chi connectivity index (χ0) is 12.4. The molecule has 1 atom stereocenters. The highest BCUT2D eigenvalue weighted by atomic mass is 16.6. The highest BCUT2D eigenvalue weighted by molar-refractivity contribution is 5.95. The predicted molar refractivity (Wildman–Crippen MR) is 60.7 cm³/mol. The first-order valence-corrected chi connectivity index (χ1v) is 5.59. The van der Waals surface area contributed by atoms with Crippen molar-refractivity contribution in [2.75, 3.05) is 6.61 Å². The average Bonchev–Trinajstić information content (AvgIpc) is 2.30. The summed E-state index contributed by atoms with van der Waals surface area (Å²) in [5.74, 6) is -0.928. The van der Waals surface area contributed by atoms with E-state index in [2.05, 4.69) is 0 Å². The molecule has 0 bridgehead atoms. The summed E-state index contributed by atoms with van der Waals surface area (Å²) in [5, 5.41) is 0. The number of benzene rings is 1. The van der Waals surface area contributed by atoms with E-state index in [1.54, 1.807) is 19.1 Å². The van der Waals surface area contributed by atoms with E-state index >= 15 is 0 Å². The van der Waals surface area contributed by atoms with Crippen LogP contribution in [0.25, 0.3) is 0 Å². The summed E-state index contributed by atoms with van der Waals surface area (Å²) in [7, 11) is 0. The van der Waals surface area contributed by atoms with Crippen molar-refractivity contribution in [3.05, 3.63) is 34.9 Å². The fourth-order valence-electron chi connectivity index (χ4n) is 1.95. The van der Waals surface area contributed by atoms with E-state index < -0.39 is 18.0 Å². The van der Waals surface area contributed by atoms with Gasteiger partial charge in [-0.05, 0) is 31.0 Å². The van der Waals surface area contributed by atoms with Crippen molar-refractivity contribution in [2.45, 2.75) is 26.4 Å². The number of cyclic esters (lactones) is 1. The molecule has 0 aromatic heterocycles. The maximum absolute atomic E-state index is 11.7. The lowest BCUT2D eigenvalue weighted by molar-refractivity contribution is -0.153. The maximum Gasteiger partial charge on any atom is 0.347 e. The van der Waals surface area contributed by atoms with Gasteiger partial charge in [-0.25, -0.2) is 9.59 Å². The van der Waals surface area contributed by atoms with Gasteiger partial charge in [0.2, 0.25) is 6.10 Å². The molecule has 0 aliphatic carbocycles. The molecular formula is C13H14O4. The highest BCUT2D eigenvalue weighted by Gasteiger charge is 2.32. The molecule has 1 heterocycles. The maximum atomic E-state index is 11.7. The third kappa shape index (κ3) is 2.16. The molecule has 17 heavy (non-hydrogen) atoms. The van der Waals surface area contributed by atoms with Crippen molar-refractivity contribution in [3.63, 3.8) is 0 Å². The standard InChI is InChI=1S/C13H14O4/c1-3-16-13(15)11-7-10-8(2)5-4-6-9(10)12(14)17-11/h4-6,11H,3,7H2,1-2H3. The summed E-state index contributed by atoms with van der Waals surface area (Å²) in [6.45, 7) is 3.93. The Hall–Kier alpha value is -1.84. The van der Waals surface area contributed by atoms with E-state index in [-0.39, 0.29) is 6.61 Å². The van der Waals surface area contributed by atoms with Gasteiger partial charge < -0.3 is 9.47 Å². The zero-order valence-corrected chi connectivity index (χ0v) is 9.86. The van der Waals surface area contributed by atoms with E-state index in [0.717, 1.165) is 11.1 Å². The van der Waals surface area contributed by atoms with Crippen LogP contribution in [0.15, 0.2) is 18.2 Å². The highest BCUT2D eigenvalue weighted by Crippen LogP contribution is 2.24. The molecule has 90 valence electrons. The van der Waals surface area contributed by atoms with Crippen molar-refractivity contribution in [3.8, 4) is 0 Å². The van der Waals surface area contributed by atoms with Crippen LogP contribution in [0, 0.1) is 6.92 Å². The minimum atomic E-state index is -0.809. The van der Waals surface area contributed by atoms with Gasteiger partial charge in [0.25, 0.3) is 0 Å².